The smallest absolute Gasteiger partial charge is 0.0321 e. The van der Waals surface area contributed by atoms with Gasteiger partial charge in [-0.25, -0.2) is 0 Å². The summed E-state index contributed by atoms with van der Waals surface area (Å²) in [6.45, 7) is 5.07. The molecule has 4 saturated carbocycles. The van der Waals surface area contributed by atoms with E-state index in [0.29, 0.717) is 0 Å². The summed E-state index contributed by atoms with van der Waals surface area (Å²) in [5.74, 6) is 8.81. The van der Waals surface area contributed by atoms with Crippen molar-refractivity contribution in [2.24, 2.45) is 47.3 Å². The molecule has 0 aromatic carbocycles. The van der Waals surface area contributed by atoms with Gasteiger partial charge in [-0.15, -0.1) is 0 Å². The van der Waals surface area contributed by atoms with Crippen molar-refractivity contribution >= 4 is 0 Å². The van der Waals surface area contributed by atoms with E-state index in [9.17, 15) is 0 Å². The summed E-state index contributed by atoms with van der Waals surface area (Å²) in [7, 11) is 0. The normalized spacial score (nSPS) is 42.2. The van der Waals surface area contributed by atoms with Crippen LogP contribution in [-0.4, -0.2) is 0 Å². The van der Waals surface area contributed by atoms with Gasteiger partial charge in [-0.3, -0.25) is 0 Å². The average molecular weight is 359 g/mol. The van der Waals surface area contributed by atoms with E-state index in [4.69, 9.17) is 0 Å². The lowest BCUT2D eigenvalue weighted by Gasteiger charge is -2.58. The monoisotopic (exact) mass is 358 g/mol. The summed E-state index contributed by atoms with van der Waals surface area (Å²) in [5, 5.41) is 0. The van der Waals surface area contributed by atoms with Crippen LogP contribution in [0.3, 0.4) is 0 Å². The molecule has 0 bridgehead atoms. The zero-order chi connectivity index (χ0) is 17.9. The molecule has 0 amide bonds. The highest BCUT2D eigenvalue weighted by Crippen LogP contribution is 2.60. The van der Waals surface area contributed by atoms with E-state index in [1.807, 2.05) is 0 Å². The maximum absolute atomic E-state index is 2.68. The molecule has 0 heteroatoms. The fraction of sp³-hybridized carbons (Fsp3) is 1.00. The van der Waals surface area contributed by atoms with Crippen molar-refractivity contribution in [1.82, 2.24) is 0 Å². The molecule has 4 aliphatic rings. The fourth-order valence-electron chi connectivity index (χ4n) is 8.67. The molecule has 0 aliphatic heterocycles. The van der Waals surface area contributed by atoms with Crippen LogP contribution in [0, 0.1) is 47.3 Å². The SMILES string of the molecule is CCCCCC(C1CCCC1)C1C2CCCCC2C(C)C2CCCCC21. The van der Waals surface area contributed by atoms with Crippen LogP contribution in [-0.2, 0) is 0 Å². The van der Waals surface area contributed by atoms with Gasteiger partial charge < -0.3 is 0 Å². The van der Waals surface area contributed by atoms with Crippen LogP contribution in [0.2, 0.25) is 0 Å². The maximum atomic E-state index is 2.68. The zero-order valence-electron chi connectivity index (χ0n) is 17.9. The highest BCUT2D eigenvalue weighted by atomic mass is 14.6. The van der Waals surface area contributed by atoms with E-state index < -0.39 is 0 Å². The molecule has 0 radical (unpaired) electrons. The van der Waals surface area contributed by atoms with Crippen molar-refractivity contribution < 1.29 is 0 Å². The standard InChI is InChI=1S/C26H46/c1-3-4-5-16-23(20-12-6-7-13-20)26-24-17-10-8-14-21(24)19(2)22-15-9-11-18-25(22)26/h19-26H,3-18H2,1-2H3. The lowest BCUT2D eigenvalue weighted by molar-refractivity contribution is -0.0895. The summed E-state index contributed by atoms with van der Waals surface area (Å²) < 4.78 is 0. The number of hydrogen-bond acceptors (Lipinski definition) is 0. The molecule has 5 atom stereocenters. The van der Waals surface area contributed by atoms with Gasteiger partial charge >= 0.3 is 0 Å². The summed E-state index contributed by atoms with van der Waals surface area (Å²) in [4.78, 5) is 0. The average Bonchev–Trinajstić information content (AvgIpc) is 3.21. The molecule has 0 heterocycles. The molecule has 0 aromatic heterocycles. The van der Waals surface area contributed by atoms with Crippen molar-refractivity contribution in [3.8, 4) is 0 Å². The highest BCUT2D eigenvalue weighted by molar-refractivity contribution is 5.01. The molecule has 150 valence electrons. The molecule has 4 rings (SSSR count). The van der Waals surface area contributed by atoms with Gasteiger partial charge in [0.05, 0.1) is 0 Å². The van der Waals surface area contributed by atoms with E-state index in [1.54, 1.807) is 83.5 Å². The molecular weight excluding hydrogens is 312 g/mol. The van der Waals surface area contributed by atoms with Crippen LogP contribution < -0.4 is 0 Å². The molecular formula is C26H46. The predicted molar refractivity (Wildman–Crippen MR) is 113 cm³/mol. The molecule has 26 heavy (non-hydrogen) atoms. The Kier molecular flexibility index (Phi) is 6.69. The van der Waals surface area contributed by atoms with E-state index >= 15 is 0 Å². The quantitative estimate of drug-likeness (QED) is 0.419. The molecule has 0 nitrogen and oxygen atoms in total. The topological polar surface area (TPSA) is 0 Å². The third-order valence-corrected chi connectivity index (χ3v) is 9.73. The Labute approximate surface area is 164 Å². The molecule has 0 spiro atoms. The highest BCUT2D eigenvalue weighted by Gasteiger charge is 2.52. The summed E-state index contributed by atoms with van der Waals surface area (Å²) in [6, 6.07) is 0. The third kappa shape index (κ3) is 3.77. The minimum Gasteiger partial charge on any atom is -0.0654 e. The van der Waals surface area contributed by atoms with E-state index in [1.165, 1.54) is 19.3 Å². The van der Waals surface area contributed by atoms with Gasteiger partial charge in [-0.2, -0.15) is 0 Å². The Balaban J connectivity index is 1.61. The number of hydrogen-bond donors (Lipinski definition) is 0. The number of rotatable bonds is 6. The fourth-order valence-corrected chi connectivity index (χ4v) is 8.67. The Morgan fingerprint density at radius 1 is 0.654 bits per heavy atom. The van der Waals surface area contributed by atoms with E-state index in [0.717, 1.165) is 47.3 Å². The van der Waals surface area contributed by atoms with Crippen LogP contribution in [0.4, 0.5) is 0 Å². The minimum atomic E-state index is 1.04. The first-order valence-electron chi connectivity index (χ1n) is 12.8. The van der Waals surface area contributed by atoms with Crippen molar-refractivity contribution in [2.45, 2.75) is 117 Å². The van der Waals surface area contributed by atoms with Gasteiger partial charge in [0.25, 0.3) is 0 Å². The summed E-state index contributed by atoms with van der Waals surface area (Å²) >= 11 is 0. The summed E-state index contributed by atoms with van der Waals surface area (Å²) in [5.41, 5.74) is 0. The van der Waals surface area contributed by atoms with Gasteiger partial charge in [0.1, 0.15) is 0 Å². The predicted octanol–water partition coefficient (Wildman–Crippen LogP) is 8.25. The largest absolute Gasteiger partial charge is 0.0654 e. The van der Waals surface area contributed by atoms with Crippen LogP contribution in [0.1, 0.15) is 117 Å². The second-order valence-electron chi connectivity index (χ2n) is 10.9. The van der Waals surface area contributed by atoms with Crippen LogP contribution in [0.5, 0.6) is 0 Å². The maximum Gasteiger partial charge on any atom is -0.0321 e. The minimum absolute atomic E-state index is 1.04. The first-order chi connectivity index (χ1) is 12.8. The third-order valence-electron chi connectivity index (χ3n) is 9.73. The molecule has 5 unspecified atom stereocenters. The molecule has 0 saturated heterocycles. The lowest BCUT2D eigenvalue weighted by atomic mass is 9.47. The number of unbranched alkanes of at least 4 members (excludes halogenated alkanes) is 2. The lowest BCUT2D eigenvalue weighted by Crippen LogP contribution is -2.51. The first-order valence-corrected chi connectivity index (χ1v) is 12.8. The van der Waals surface area contributed by atoms with Crippen molar-refractivity contribution in [3.63, 3.8) is 0 Å². The van der Waals surface area contributed by atoms with Crippen LogP contribution in [0.15, 0.2) is 0 Å². The zero-order valence-corrected chi connectivity index (χ0v) is 17.9. The van der Waals surface area contributed by atoms with Crippen molar-refractivity contribution in [2.75, 3.05) is 0 Å². The van der Waals surface area contributed by atoms with Gasteiger partial charge in [0.2, 0.25) is 0 Å². The van der Waals surface area contributed by atoms with Gasteiger partial charge in [0.15, 0.2) is 0 Å². The van der Waals surface area contributed by atoms with Crippen molar-refractivity contribution in [1.29, 1.82) is 0 Å². The molecule has 4 aliphatic carbocycles. The van der Waals surface area contributed by atoms with E-state index in [-0.39, 0.29) is 0 Å². The Bertz CT molecular complexity index is 396. The second kappa shape index (κ2) is 9.00. The Morgan fingerprint density at radius 3 is 1.69 bits per heavy atom. The van der Waals surface area contributed by atoms with Gasteiger partial charge in [-0.1, -0.05) is 84.5 Å². The van der Waals surface area contributed by atoms with Crippen LogP contribution in [0.25, 0.3) is 0 Å². The Morgan fingerprint density at radius 2 is 1.15 bits per heavy atom. The first kappa shape index (κ1) is 19.3. The molecule has 0 aromatic rings. The van der Waals surface area contributed by atoms with Gasteiger partial charge in [-0.05, 0) is 79.4 Å². The van der Waals surface area contributed by atoms with Crippen molar-refractivity contribution in [3.05, 3.63) is 0 Å². The molecule has 0 N–H and O–H groups in total. The second-order valence-corrected chi connectivity index (χ2v) is 10.9. The van der Waals surface area contributed by atoms with Crippen LogP contribution >= 0.6 is 0 Å². The van der Waals surface area contributed by atoms with Gasteiger partial charge in [0, 0.05) is 0 Å². The summed E-state index contributed by atoms with van der Waals surface area (Å²) in [6.07, 6.45) is 24.8. The molecule has 4 fully saturated rings. The van der Waals surface area contributed by atoms with E-state index in [2.05, 4.69) is 13.8 Å². The number of fused-ring (bicyclic) bond motifs is 2. The Hall–Kier alpha value is 0.